The highest BCUT2D eigenvalue weighted by molar-refractivity contribution is 6.27. The molecule has 12 fully saturated rings. The molecule has 4 aromatic rings. The quantitative estimate of drug-likeness (QED) is 0.154. The number of carbonyl (C=O) groups is 3. The second kappa shape index (κ2) is 17.3. The summed E-state index contributed by atoms with van der Waals surface area (Å²) in [6.07, 6.45) is 26.9. The number of carbonyl (C=O) groups excluding carboxylic acids is 2. The number of aliphatic carboxylic acids is 1. The first kappa shape index (κ1) is 58.2. The number of hydrogen-bond donors (Lipinski definition) is 1. The minimum atomic E-state index is -0.853. The predicted molar refractivity (Wildman–Crippen MR) is 348 cm³/mol. The molecule has 12 heteroatoms. The highest BCUT2D eigenvalue weighted by Gasteiger charge is 2.79. The SMILES string of the molecule is COC(=O)[C@]1(C)CCC[C@@]2(C)[C@@H]3CC[C@@]4(C)C[C@]3(CC[C@@H]21)CC41Oc2cc3c4cc5c(cc4c4cc6c(cc4c3cc2O1)OC1(C[C@]23CC[C@H]4[C@@](C)(CCC[C@@]4(C)C(=O)OC)[C@@H]2CC[C@@]1(C)C3)O6)OC1(C[C@]23CC[C@H]4[C@@](C)(CCC[C@@]4(C)C(=O)O)[C@@H]2CC[C@@]1(C)C3)O5. The maximum absolute atomic E-state index is 13.7. The summed E-state index contributed by atoms with van der Waals surface area (Å²) in [5.41, 5.74) is -2.30. The Kier molecular flexibility index (Phi) is 11.0. The van der Waals surface area contributed by atoms with E-state index in [1.807, 2.05) is 6.92 Å². The molecule has 0 radical (unpaired) electrons. The lowest BCUT2D eigenvalue weighted by Crippen LogP contribution is -2.58. The van der Waals surface area contributed by atoms with E-state index < -0.39 is 39.6 Å². The lowest BCUT2D eigenvalue weighted by molar-refractivity contribution is -0.185. The third-order valence-corrected chi connectivity index (χ3v) is 33.6. The van der Waals surface area contributed by atoms with Gasteiger partial charge in [0.15, 0.2) is 34.5 Å². The maximum Gasteiger partial charge on any atom is 0.311 e. The monoisotopic (exact) mass is 1250 g/mol. The lowest BCUT2D eigenvalue weighted by atomic mass is 9.40. The molecule has 6 spiro atoms. The zero-order chi connectivity index (χ0) is 63.6. The van der Waals surface area contributed by atoms with Crippen LogP contribution in [-0.2, 0) is 23.9 Å². The van der Waals surface area contributed by atoms with Crippen molar-refractivity contribution in [3.05, 3.63) is 36.4 Å². The molecule has 6 bridgehead atoms. The molecule has 492 valence electrons. The van der Waals surface area contributed by atoms with Gasteiger partial charge in [-0.2, -0.15) is 0 Å². The third-order valence-electron chi connectivity index (χ3n) is 33.6. The fourth-order valence-corrected chi connectivity index (χ4v) is 30.0. The number of esters is 2. The third kappa shape index (κ3) is 6.55. The smallest absolute Gasteiger partial charge is 0.311 e. The summed E-state index contributed by atoms with van der Waals surface area (Å²) in [5.74, 6) is 3.57. The molecule has 4 aromatic carbocycles. The standard InChI is InChI=1S/C80H100O12/c1-66-27-15-60-69(4)21-12-24-72(7,63(81)82)57(69)18-30-75(60,39-66)42-78(66)87-51-33-45-46(34-52(51)88-78)48-36-54-56(92-80(90-54)44-77-32-20-59-71(6,62(77)17-29-68(80,3)41-77)23-14-26-74(59,9)65(84)86-11)38-50(48)49-37-55-53(35-47(45)49)89-79(91-55)43-76-31-19-58-70(5,61(76)16-28-67(79,2)40-76)22-13-25-73(58,8)64(83)85-10/h33-38,57-62H,12-32,39-44H2,1-11H3,(H,81,82)/t57-,58-,59-,60-,61-,62-,66-,67-,68-,69+,70+,71+,72+,73+,74+,75+,76+,77+,78?,79?,80?/m0/s1. The number of methoxy groups -OCH3 is 2. The van der Waals surface area contributed by atoms with Crippen LogP contribution in [0, 0.1) is 100 Å². The van der Waals surface area contributed by atoms with E-state index in [1.165, 1.54) is 0 Å². The van der Waals surface area contributed by atoms with Crippen molar-refractivity contribution in [3.63, 3.8) is 0 Å². The van der Waals surface area contributed by atoms with Gasteiger partial charge in [-0.3, -0.25) is 14.4 Å². The molecule has 12 aliphatic carbocycles. The molecule has 12 saturated carbocycles. The zero-order valence-electron chi connectivity index (χ0n) is 57.0. The van der Waals surface area contributed by atoms with Gasteiger partial charge < -0.3 is 43.0 Å². The van der Waals surface area contributed by atoms with E-state index in [9.17, 15) is 19.5 Å². The molecule has 2 unspecified atom stereocenters. The van der Waals surface area contributed by atoms with Crippen molar-refractivity contribution in [1.82, 2.24) is 0 Å². The van der Waals surface area contributed by atoms with Crippen LogP contribution < -0.4 is 28.4 Å². The Morgan fingerprint density at radius 1 is 0.348 bits per heavy atom. The summed E-state index contributed by atoms with van der Waals surface area (Å²) < 4.78 is 57.0. The van der Waals surface area contributed by atoms with Crippen LogP contribution in [-0.4, -0.2) is 54.6 Å². The molecule has 12 nitrogen and oxygen atoms in total. The summed E-state index contributed by atoms with van der Waals surface area (Å²) in [4.78, 5) is 40.6. The van der Waals surface area contributed by atoms with Gasteiger partial charge in [-0.15, -0.1) is 0 Å². The van der Waals surface area contributed by atoms with Crippen LogP contribution in [0.4, 0.5) is 0 Å². The molecule has 3 aliphatic heterocycles. The lowest BCUT2D eigenvalue weighted by Gasteiger charge is -2.63. The molecule has 3 heterocycles. The van der Waals surface area contributed by atoms with Gasteiger partial charge in [0.2, 0.25) is 0 Å². The summed E-state index contributed by atoms with van der Waals surface area (Å²) in [7, 11) is 3.15. The van der Waals surface area contributed by atoms with Crippen molar-refractivity contribution >= 4 is 50.2 Å². The van der Waals surface area contributed by atoms with Crippen molar-refractivity contribution in [3.8, 4) is 34.5 Å². The fourth-order valence-electron chi connectivity index (χ4n) is 30.0. The molecule has 20 atom stereocenters. The summed E-state index contributed by atoms with van der Waals surface area (Å²) in [5, 5.41) is 17.3. The molecule has 0 aromatic heterocycles. The highest BCUT2D eigenvalue weighted by Crippen LogP contribution is 2.81. The van der Waals surface area contributed by atoms with Crippen LogP contribution in [0.3, 0.4) is 0 Å². The summed E-state index contributed by atoms with van der Waals surface area (Å²) in [6.45, 7) is 21.3. The van der Waals surface area contributed by atoms with E-state index in [2.05, 4.69) is 91.8 Å². The molecule has 19 rings (SSSR count). The number of fused-ring (bicyclic) bond motifs is 21. The molecular formula is C80H100O12. The van der Waals surface area contributed by atoms with Gasteiger partial charge in [0.25, 0.3) is 17.4 Å². The second-order valence-corrected chi connectivity index (χ2v) is 37.4. The zero-order valence-corrected chi connectivity index (χ0v) is 57.0. The number of ether oxygens (including phenoxy) is 8. The molecule has 0 saturated heterocycles. The van der Waals surface area contributed by atoms with Crippen LogP contribution in [0.15, 0.2) is 36.4 Å². The molecule has 1 N–H and O–H groups in total. The fraction of sp³-hybridized carbons (Fsp3) is 0.738. The Balaban J connectivity index is 0.719. The van der Waals surface area contributed by atoms with Crippen molar-refractivity contribution in [2.24, 2.45) is 100 Å². The van der Waals surface area contributed by atoms with Gasteiger partial charge in [0.1, 0.15) is 0 Å². The molecule has 0 amide bonds. The normalized spacial score (nSPS) is 50.5. The van der Waals surface area contributed by atoms with E-state index in [0.29, 0.717) is 17.8 Å². The van der Waals surface area contributed by atoms with Crippen LogP contribution >= 0.6 is 0 Å². The van der Waals surface area contributed by atoms with Crippen LogP contribution in [0.2, 0.25) is 0 Å². The number of carboxylic acid groups (broad SMARTS) is 1. The van der Waals surface area contributed by atoms with Crippen molar-refractivity contribution in [2.45, 2.75) is 253 Å². The van der Waals surface area contributed by atoms with E-state index in [1.54, 1.807) is 14.2 Å². The average molecular weight is 1250 g/mol. The van der Waals surface area contributed by atoms with Crippen molar-refractivity contribution < 1.29 is 57.4 Å². The largest absolute Gasteiger partial charge is 0.481 e. The first-order valence-corrected chi connectivity index (χ1v) is 36.6. The second-order valence-electron chi connectivity index (χ2n) is 37.4. The van der Waals surface area contributed by atoms with Crippen LogP contribution in [0.1, 0.15) is 236 Å². The minimum absolute atomic E-state index is 0.00462. The predicted octanol–water partition coefficient (Wildman–Crippen LogP) is 18.4. The van der Waals surface area contributed by atoms with Gasteiger partial charge in [0.05, 0.1) is 30.5 Å². The summed E-state index contributed by atoms with van der Waals surface area (Å²) >= 11 is 0. The van der Waals surface area contributed by atoms with Gasteiger partial charge in [-0.1, -0.05) is 60.8 Å². The van der Waals surface area contributed by atoms with Crippen molar-refractivity contribution in [1.29, 1.82) is 0 Å². The summed E-state index contributed by atoms with van der Waals surface area (Å²) in [6, 6.07) is 13.8. The Morgan fingerprint density at radius 3 is 0.859 bits per heavy atom. The number of carboxylic acids is 1. The van der Waals surface area contributed by atoms with Gasteiger partial charge in [-0.25, -0.2) is 0 Å². The van der Waals surface area contributed by atoms with Gasteiger partial charge in [0, 0.05) is 35.5 Å². The maximum atomic E-state index is 13.7. The number of rotatable bonds is 3. The number of hydrogen-bond acceptors (Lipinski definition) is 11. The highest BCUT2D eigenvalue weighted by atomic mass is 16.7. The van der Waals surface area contributed by atoms with Gasteiger partial charge >= 0.3 is 17.9 Å². The average Bonchev–Trinajstić information content (AvgIpc) is 1.48. The van der Waals surface area contributed by atoms with Crippen molar-refractivity contribution in [2.75, 3.05) is 14.2 Å². The minimum Gasteiger partial charge on any atom is -0.481 e. The first-order chi connectivity index (χ1) is 43.5. The Bertz CT molecular complexity index is 3820. The topological polar surface area (TPSA) is 145 Å². The van der Waals surface area contributed by atoms with Crippen LogP contribution in [0.5, 0.6) is 34.5 Å². The number of benzene rings is 4. The molecular weight excluding hydrogens is 1150 g/mol. The van der Waals surface area contributed by atoms with E-state index in [4.69, 9.17) is 37.9 Å². The van der Waals surface area contributed by atoms with E-state index >= 15 is 0 Å². The molecule has 92 heavy (non-hydrogen) atoms. The Morgan fingerprint density at radius 2 is 0.598 bits per heavy atom. The van der Waals surface area contributed by atoms with E-state index in [-0.39, 0.29) is 78.4 Å². The van der Waals surface area contributed by atoms with Crippen LogP contribution in [0.25, 0.3) is 32.3 Å². The Labute approximate surface area is 543 Å². The first-order valence-electron chi connectivity index (χ1n) is 36.6. The Hall–Kier alpha value is -5.13. The molecule has 15 aliphatic rings. The van der Waals surface area contributed by atoms with E-state index in [0.717, 1.165) is 240 Å². The van der Waals surface area contributed by atoms with Gasteiger partial charge in [-0.05, 0) is 292 Å².